The number of rotatable bonds is 6. The zero-order valence-corrected chi connectivity index (χ0v) is 15.8. The molecule has 0 aliphatic carbocycles. The van der Waals surface area contributed by atoms with Gasteiger partial charge in [-0.15, -0.1) is 11.8 Å². The molecule has 0 aliphatic heterocycles. The number of nitro benzene ring substituents is 1. The molecule has 27 heavy (non-hydrogen) atoms. The molecule has 7 nitrogen and oxygen atoms in total. The van der Waals surface area contributed by atoms with E-state index in [1.807, 2.05) is 30.5 Å². The van der Waals surface area contributed by atoms with Crippen LogP contribution in [0.4, 0.5) is 11.4 Å². The van der Waals surface area contributed by atoms with Crippen molar-refractivity contribution in [2.24, 2.45) is 0 Å². The molecule has 0 bridgehead atoms. The minimum absolute atomic E-state index is 0.00378. The number of nitrogens with one attached hydrogen (secondary N) is 1. The molecule has 0 saturated carbocycles. The van der Waals surface area contributed by atoms with Crippen molar-refractivity contribution in [3.63, 3.8) is 0 Å². The van der Waals surface area contributed by atoms with Crippen LogP contribution in [-0.4, -0.2) is 21.0 Å². The summed E-state index contributed by atoms with van der Waals surface area (Å²) < 4.78 is 1.10. The van der Waals surface area contributed by atoms with Gasteiger partial charge in [-0.3, -0.25) is 14.9 Å². The van der Waals surface area contributed by atoms with Gasteiger partial charge in [0.2, 0.25) is 0 Å². The van der Waals surface area contributed by atoms with Gasteiger partial charge in [0.05, 0.1) is 22.5 Å². The predicted octanol–water partition coefficient (Wildman–Crippen LogP) is 4.13. The average Bonchev–Trinajstić information content (AvgIpc) is 2.69. The number of hydrogen-bond donors (Lipinski definition) is 1. The van der Waals surface area contributed by atoms with Crippen LogP contribution < -0.4 is 10.9 Å². The molecule has 0 aliphatic rings. The van der Waals surface area contributed by atoms with Crippen molar-refractivity contribution in [2.45, 2.75) is 11.4 Å². The Labute approximate surface area is 164 Å². The van der Waals surface area contributed by atoms with Gasteiger partial charge in [-0.1, -0.05) is 23.7 Å². The van der Waals surface area contributed by atoms with Crippen LogP contribution in [0.15, 0.2) is 64.4 Å². The van der Waals surface area contributed by atoms with Crippen LogP contribution in [0.1, 0.15) is 5.56 Å². The van der Waals surface area contributed by atoms with Crippen LogP contribution in [-0.2, 0) is 6.54 Å². The van der Waals surface area contributed by atoms with E-state index >= 15 is 0 Å². The molecule has 0 amide bonds. The van der Waals surface area contributed by atoms with Gasteiger partial charge < -0.3 is 5.32 Å². The van der Waals surface area contributed by atoms with Crippen LogP contribution in [0, 0.1) is 10.1 Å². The first-order chi connectivity index (χ1) is 13.0. The SMILES string of the molecule is CSc1ccc(CNc2cnn(-c3ccc([N+](=O)[O-])cc3)c(=O)c2Cl)cc1. The Balaban J connectivity index is 1.79. The fourth-order valence-electron chi connectivity index (χ4n) is 2.40. The molecule has 0 unspecified atom stereocenters. The Morgan fingerprint density at radius 2 is 1.85 bits per heavy atom. The van der Waals surface area contributed by atoms with Crippen LogP contribution in [0.2, 0.25) is 5.02 Å². The predicted molar refractivity (Wildman–Crippen MR) is 107 cm³/mol. The van der Waals surface area contributed by atoms with E-state index in [2.05, 4.69) is 10.4 Å². The van der Waals surface area contributed by atoms with Crippen LogP contribution in [0.25, 0.3) is 5.69 Å². The fourth-order valence-corrected chi connectivity index (χ4v) is 3.00. The highest BCUT2D eigenvalue weighted by atomic mass is 35.5. The van der Waals surface area contributed by atoms with E-state index in [1.54, 1.807) is 11.8 Å². The van der Waals surface area contributed by atoms with Crippen molar-refractivity contribution in [3.05, 3.63) is 85.8 Å². The minimum Gasteiger partial charge on any atom is -0.378 e. The third-order valence-corrected chi connectivity index (χ3v) is 4.97. The highest BCUT2D eigenvalue weighted by Gasteiger charge is 2.12. The number of aromatic nitrogens is 2. The largest absolute Gasteiger partial charge is 0.378 e. The van der Waals surface area contributed by atoms with E-state index < -0.39 is 10.5 Å². The van der Waals surface area contributed by atoms with Gasteiger partial charge in [0.25, 0.3) is 11.2 Å². The van der Waals surface area contributed by atoms with Crippen LogP contribution in [0.5, 0.6) is 0 Å². The Bertz CT molecular complexity index is 1020. The summed E-state index contributed by atoms with van der Waals surface area (Å²) in [6.45, 7) is 0.497. The summed E-state index contributed by atoms with van der Waals surface area (Å²) in [7, 11) is 0. The summed E-state index contributed by atoms with van der Waals surface area (Å²) in [5.74, 6) is 0. The molecule has 1 aromatic heterocycles. The molecule has 0 spiro atoms. The van der Waals surface area contributed by atoms with E-state index in [-0.39, 0.29) is 10.7 Å². The number of non-ortho nitro benzene ring substituents is 1. The lowest BCUT2D eigenvalue weighted by Gasteiger charge is -2.10. The number of halogens is 1. The topological polar surface area (TPSA) is 90.1 Å². The summed E-state index contributed by atoms with van der Waals surface area (Å²) in [6, 6.07) is 13.6. The maximum atomic E-state index is 12.5. The first kappa shape index (κ1) is 18.9. The maximum absolute atomic E-state index is 12.5. The second kappa shape index (κ2) is 8.24. The molecular weight excluding hydrogens is 388 g/mol. The average molecular weight is 403 g/mol. The molecule has 0 saturated heterocycles. The molecule has 0 radical (unpaired) electrons. The summed E-state index contributed by atoms with van der Waals surface area (Å²) in [6.07, 6.45) is 3.47. The molecule has 3 aromatic rings. The molecule has 0 atom stereocenters. The van der Waals surface area contributed by atoms with Crippen LogP contribution >= 0.6 is 23.4 Å². The van der Waals surface area contributed by atoms with Gasteiger partial charge in [-0.05, 0) is 36.1 Å². The standard InChI is InChI=1S/C18H15ClN4O3S/c1-27-15-8-2-12(3-9-15)10-20-16-11-21-22(18(24)17(16)19)13-4-6-14(7-5-13)23(25)26/h2-9,11,20H,10H2,1H3. The van der Waals surface area contributed by atoms with E-state index in [4.69, 9.17) is 11.6 Å². The smallest absolute Gasteiger partial charge is 0.292 e. The second-order valence-electron chi connectivity index (χ2n) is 5.56. The molecule has 3 rings (SSSR count). The molecule has 1 N–H and O–H groups in total. The zero-order chi connectivity index (χ0) is 19.4. The van der Waals surface area contributed by atoms with E-state index in [0.29, 0.717) is 17.9 Å². The van der Waals surface area contributed by atoms with E-state index in [0.717, 1.165) is 10.2 Å². The molecule has 2 aromatic carbocycles. The summed E-state index contributed by atoms with van der Waals surface area (Å²) in [4.78, 5) is 23.9. The fraction of sp³-hybridized carbons (Fsp3) is 0.111. The molecular formula is C18H15ClN4O3S. The zero-order valence-electron chi connectivity index (χ0n) is 14.3. The highest BCUT2D eigenvalue weighted by molar-refractivity contribution is 7.98. The van der Waals surface area contributed by atoms with Crippen molar-refractivity contribution in [2.75, 3.05) is 11.6 Å². The monoisotopic (exact) mass is 402 g/mol. The van der Waals surface area contributed by atoms with Gasteiger partial charge in [-0.25, -0.2) is 0 Å². The Morgan fingerprint density at radius 3 is 2.44 bits per heavy atom. The number of nitrogens with zero attached hydrogens (tertiary/aromatic N) is 3. The number of anilines is 1. The van der Waals surface area contributed by atoms with Gasteiger partial charge in [0, 0.05) is 23.6 Å². The van der Waals surface area contributed by atoms with E-state index in [1.165, 1.54) is 35.4 Å². The molecule has 9 heteroatoms. The Kier molecular flexibility index (Phi) is 5.78. The third kappa shape index (κ3) is 4.29. The molecule has 1 heterocycles. The minimum atomic E-state index is -0.508. The summed E-state index contributed by atoms with van der Waals surface area (Å²) in [5, 5.41) is 17.9. The van der Waals surface area contributed by atoms with Crippen molar-refractivity contribution in [1.82, 2.24) is 9.78 Å². The van der Waals surface area contributed by atoms with Gasteiger partial charge in [0.1, 0.15) is 5.02 Å². The number of thioether (sulfide) groups is 1. The summed E-state index contributed by atoms with van der Waals surface area (Å²) in [5.41, 5.74) is 1.29. The number of hydrogen-bond acceptors (Lipinski definition) is 6. The highest BCUT2D eigenvalue weighted by Crippen LogP contribution is 2.20. The molecule has 138 valence electrons. The van der Waals surface area contributed by atoms with Crippen molar-refractivity contribution in [3.8, 4) is 5.69 Å². The van der Waals surface area contributed by atoms with Gasteiger partial charge in [0.15, 0.2) is 0 Å². The maximum Gasteiger partial charge on any atom is 0.292 e. The first-order valence-electron chi connectivity index (χ1n) is 7.89. The van der Waals surface area contributed by atoms with Crippen molar-refractivity contribution in [1.29, 1.82) is 0 Å². The third-order valence-electron chi connectivity index (χ3n) is 3.87. The quantitative estimate of drug-likeness (QED) is 0.379. The van der Waals surface area contributed by atoms with E-state index in [9.17, 15) is 14.9 Å². The Hall–Kier alpha value is -2.84. The number of benzene rings is 2. The lowest BCUT2D eigenvalue weighted by molar-refractivity contribution is -0.384. The van der Waals surface area contributed by atoms with Crippen LogP contribution in [0.3, 0.4) is 0 Å². The van der Waals surface area contributed by atoms with Gasteiger partial charge in [-0.2, -0.15) is 9.78 Å². The van der Waals surface area contributed by atoms with Crippen molar-refractivity contribution < 1.29 is 4.92 Å². The van der Waals surface area contributed by atoms with Crippen molar-refractivity contribution >= 4 is 34.7 Å². The Morgan fingerprint density at radius 1 is 1.19 bits per heavy atom. The summed E-state index contributed by atoms with van der Waals surface area (Å²) >= 11 is 7.86. The number of nitro groups is 1. The van der Waals surface area contributed by atoms with Gasteiger partial charge >= 0.3 is 0 Å². The lowest BCUT2D eigenvalue weighted by Crippen LogP contribution is -2.22. The second-order valence-corrected chi connectivity index (χ2v) is 6.82. The first-order valence-corrected chi connectivity index (χ1v) is 9.49. The lowest BCUT2D eigenvalue weighted by atomic mass is 10.2. The normalized spacial score (nSPS) is 10.6. The molecule has 0 fully saturated rings.